The molecule has 1 aromatic carbocycles. The van der Waals surface area contributed by atoms with Crippen LogP contribution in [0, 0.1) is 12.8 Å². The second-order valence-corrected chi connectivity index (χ2v) is 11.2. The molecule has 3 rings (SSSR count). The van der Waals surface area contributed by atoms with Crippen LogP contribution in [0.5, 0.6) is 0 Å². The molecule has 1 aliphatic rings. The van der Waals surface area contributed by atoms with Crippen LogP contribution in [0.25, 0.3) is 0 Å². The van der Waals surface area contributed by atoms with Crippen molar-refractivity contribution in [1.82, 2.24) is 4.31 Å². The molecular weight excluding hydrogens is 460 g/mol. The molecule has 2 aromatic rings. The van der Waals surface area contributed by atoms with E-state index in [0.29, 0.717) is 40.9 Å². The molecule has 2 heterocycles. The molecule has 0 aliphatic carbocycles. The maximum atomic E-state index is 12.6. The van der Waals surface area contributed by atoms with Crippen LogP contribution in [-0.2, 0) is 14.8 Å². The Bertz CT molecular complexity index is 922. The average molecular weight is 478 g/mol. The van der Waals surface area contributed by atoms with Crippen molar-refractivity contribution in [3.63, 3.8) is 0 Å². The first-order valence-electron chi connectivity index (χ1n) is 8.10. The molecule has 1 amide bonds. The third-order valence-electron chi connectivity index (χ3n) is 4.41. The Kier molecular flexibility index (Phi) is 6.08. The number of nitrogens with zero attached hydrogens (tertiary/aromatic N) is 1. The van der Waals surface area contributed by atoms with Crippen molar-refractivity contribution >= 4 is 60.5 Å². The van der Waals surface area contributed by atoms with E-state index in [4.69, 9.17) is 11.6 Å². The van der Waals surface area contributed by atoms with Crippen molar-refractivity contribution in [1.29, 1.82) is 0 Å². The van der Waals surface area contributed by atoms with Crippen LogP contribution in [0.2, 0.25) is 5.02 Å². The van der Waals surface area contributed by atoms with Gasteiger partial charge in [0.25, 0.3) is 10.0 Å². The summed E-state index contributed by atoms with van der Waals surface area (Å²) in [5.41, 5.74) is 1.60. The zero-order valence-corrected chi connectivity index (χ0v) is 18.0. The standard InChI is InChI=1S/C17H18BrClN2O3S2/c1-11-2-3-13(10-14(11)19)20-17(22)12-6-8-21(9-7-12)26(23,24)16-5-4-15(18)25-16/h2-5,10,12H,6-9H2,1H3,(H,20,22). The molecule has 1 aromatic heterocycles. The number of hydrogen-bond donors (Lipinski definition) is 1. The highest BCUT2D eigenvalue weighted by Crippen LogP contribution is 2.31. The van der Waals surface area contributed by atoms with Gasteiger partial charge in [0, 0.05) is 29.7 Å². The van der Waals surface area contributed by atoms with E-state index in [1.54, 1.807) is 18.2 Å². The van der Waals surface area contributed by atoms with Gasteiger partial charge in [-0.25, -0.2) is 8.42 Å². The number of thiophene rings is 1. The number of aryl methyl sites for hydroxylation is 1. The normalized spacial score (nSPS) is 16.6. The number of amides is 1. The molecule has 5 nitrogen and oxygen atoms in total. The molecule has 140 valence electrons. The van der Waals surface area contributed by atoms with Crippen molar-refractivity contribution in [2.24, 2.45) is 5.92 Å². The quantitative estimate of drug-likeness (QED) is 0.704. The lowest BCUT2D eigenvalue weighted by molar-refractivity contribution is -0.120. The first-order valence-corrected chi connectivity index (χ1v) is 11.5. The van der Waals surface area contributed by atoms with Gasteiger partial charge in [-0.05, 0) is 65.5 Å². The molecule has 0 spiro atoms. The van der Waals surface area contributed by atoms with E-state index >= 15 is 0 Å². The van der Waals surface area contributed by atoms with Crippen LogP contribution in [0.4, 0.5) is 5.69 Å². The van der Waals surface area contributed by atoms with Gasteiger partial charge < -0.3 is 5.32 Å². The number of piperidine rings is 1. The number of carbonyl (C=O) groups is 1. The summed E-state index contributed by atoms with van der Waals surface area (Å²) in [6.45, 7) is 2.57. The summed E-state index contributed by atoms with van der Waals surface area (Å²) in [7, 11) is -3.49. The fourth-order valence-corrected chi connectivity index (χ4v) is 6.65. The van der Waals surface area contributed by atoms with Crippen molar-refractivity contribution in [2.45, 2.75) is 24.0 Å². The van der Waals surface area contributed by atoms with Crippen LogP contribution >= 0.6 is 38.9 Å². The Morgan fingerprint density at radius 3 is 2.54 bits per heavy atom. The molecule has 0 bridgehead atoms. The topological polar surface area (TPSA) is 66.5 Å². The summed E-state index contributed by atoms with van der Waals surface area (Å²) in [5.74, 6) is -0.308. The minimum atomic E-state index is -3.49. The van der Waals surface area contributed by atoms with Gasteiger partial charge in [0.15, 0.2) is 0 Å². The summed E-state index contributed by atoms with van der Waals surface area (Å²) in [5, 5.41) is 3.48. The van der Waals surface area contributed by atoms with Crippen molar-refractivity contribution < 1.29 is 13.2 Å². The van der Waals surface area contributed by atoms with Gasteiger partial charge >= 0.3 is 0 Å². The van der Waals surface area contributed by atoms with E-state index in [-0.39, 0.29) is 11.8 Å². The fourth-order valence-electron chi connectivity index (χ4n) is 2.84. The molecule has 9 heteroatoms. The van der Waals surface area contributed by atoms with Gasteiger partial charge in [-0.1, -0.05) is 17.7 Å². The lowest BCUT2D eigenvalue weighted by atomic mass is 9.97. The minimum absolute atomic E-state index is 0.0964. The van der Waals surface area contributed by atoms with E-state index in [1.165, 1.54) is 15.6 Å². The minimum Gasteiger partial charge on any atom is -0.326 e. The van der Waals surface area contributed by atoms with Gasteiger partial charge in [-0.3, -0.25) is 4.79 Å². The molecular formula is C17H18BrClN2O3S2. The zero-order valence-electron chi connectivity index (χ0n) is 14.0. The Balaban J connectivity index is 1.61. The second-order valence-electron chi connectivity index (χ2n) is 6.19. The van der Waals surface area contributed by atoms with Crippen molar-refractivity contribution in [2.75, 3.05) is 18.4 Å². The number of carbonyl (C=O) groups excluding carboxylic acids is 1. The van der Waals surface area contributed by atoms with Gasteiger partial charge in [-0.2, -0.15) is 4.31 Å². The van der Waals surface area contributed by atoms with Crippen LogP contribution < -0.4 is 5.32 Å². The third-order valence-corrected chi connectivity index (χ3v) is 8.80. The van der Waals surface area contributed by atoms with E-state index in [1.807, 2.05) is 19.1 Å². The Hall–Kier alpha value is -0.930. The van der Waals surface area contributed by atoms with E-state index < -0.39 is 10.0 Å². The van der Waals surface area contributed by atoms with Crippen LogP contribution in [0.1, 0.15) is 18.4 Å². The molecule has 0 saturated carbocycles. The van der Waals surface area contributed by atoms with Crippen molar-refractivity contribution in [3.8, 4) is 0 Å². The zero-order chi connectivity index (χ0) is 18.9. The first kappa shape index (κ1) is 19.8. The first-order chi connectivity index (χ1) is 12.3. The monoisotopic (exact) mass is 476 g/mol. The summed E-state index contributed by atoms with van der Waals surface area (Å²) in [6, 6.07) is 8.72. The summed E-state index contributed by atoms with van der Waals surface area (Å²) in [4.78, 5) is 12.5. The van der Waals surface area contributed by atoms with E-state index in [0.717, 1.165) is 9.35 Å². The van der Waals surface area contributed by atoms with Crippen LogP contribution in [-0.4, -0.2) is 31.7 Å². The molecule has 0 unspecified atom stereocenters. The highest BCUT2D eigenvalue weighted by molar-refractivity contribution is 9.11. The average Bonchev–Trinajstić information content (AvgIpc) is 3.05. The third kappa shape index (κ3) is 4.31. The van der Waals surface area contributed by atoms with Gasteiger partial charge in [0.05, 0.1) is 3.79 Å². The van der Waals surface area contributed by atoms with E-state index in [9.17, 15) is 13.2 Å². The molecule has 1 fully saturated rings. The SMILES string of the molecule is Cc1ccc(NC(=O)C2CCN(S(=O)(=O)c3ccc(Br)s3)CC2)cc1Cl. The number of nitrogens with one attached hydrogen (secondary N) is 1. The van der Waals surface area contributed by atoms with Crippen LogP contribution in [0.15, 0.2) is 38.3 Å². The highest BCUT2D eigenvalue weighted by atomic mass is 79.9. The van der Waals surface area contributed by atoms with Gasteiger partial charge in [0.2, 0.25) is 5.91 Å². The Labute approximate surface area is 170 Å². The number of anilines is 1. The largest absolute Gasteiger partial charge is 0.326 e. The molecule has 1 saturated heterocycles. The molecule has 1 aliphatic heterocycles. The highest BCUT2D eigenvalue weighted by Gasteiger charge is 2.32. The predicted octanol–water partition coefficient (Wildman–Crippen LogP) is 4.51. The smallest absolute Gasteiger partial charge is 0.252 e. The maximum absolute atomic E-state index is 12.6. The molecule has 0 atom stereocenters. The second kappa shape index (κ2) is 7.98. The van der Waals surface area contributed by atoms with E-state index in [2.05, 4.69) is 21.2 Å². The summed E-state index contributed by atoms with van der Waals surface area (Å²) >= 11 is 10.6. The molecule has 1 N–H and O–H groups in total. The Morgan fingerprint density at radius 1 is 1.27 bits per heavy atom. The van der Waals surface area contributed by atoms with Crippen LogP contribution in [0.3, 0.4) is 0 Å². The lowest BCUT2D eigenvalue weighted by Crippen LogP contribution is -2.41. The molecule has 0 radical (unpaired) electrons. The van der Waals surface area contributed by atoms with Gasteiger partial charge in [-0.15, -0.1) is 11.3 Å². The summed E-state index contributed by atoms with van der Waals surface area (Å²) < 4.78 is 27.8. The van der Waals surface area contributed by atoms with Gasteiger partial charge in [0.1, 0.15) is 4.21 Å². The fraction of sp³-hybridized carbons (Fsp3) is 0.353. The predicted molar refractivity (Wildman–Crippen MR) is 108 cm³/mol. The number of hydrogen-bond acceptors (Lipinski definition) is 4. The Morgan fingerprint density at radius 2 is 1.96 bits per heavy atom. The number of rotatable bonds is 4. The lowest BCUT2D eigenvalue weighted by Gasteiger charge is -2.30. The van der Waals surface area contributed by atoms with Crippen molar-refractivity contribution in [3.05, 3.63) is 44.7 Å². The maximum Gasteiger partial charge on any atom is 0.252 e. The number of benzene rings is 1. The number of halogens is 2. The molecule has 26 heavy (non-hydrogen) atoms. The number of sulfonamides is 1. The summed E-state index contributed by atoms with van der Waals surface area (Å²) in [6.07, 6.45) is 0.994.